The predicted molar refractivity (Wildman–Crippen MR) is 87.0 cm³/mol. The van der Waals surface area contributed by atoms with Crippen molar-refractivity contribution in [1.82, 2.24) is 4.98 Å². The molecule has 0 aliphatic rings. The molecule has 114 valence electrons. The Morgan fingerprint density at radius 1 is 1.33 bits per heavy atom. The molecule has 1 aromatic carbocycles. The number of thiazole rings is 1. The fourth-order valence-corrected chi connectivity index (χ4v) is 2.99. The van der Waals surface area contributed by atoms with Gasteiger partial charge in [-0.15, -0.1) is 11.3 Å². The van der Waals surface area contributed by atoms with Gasteiger partial charge in [0, 0.05) is 26.0 Å². The Morgan fingerprint density at radius 2 is 2.05 bits per heavy atom. The molecule has 0 bridgehead atoms. The Hall–Kier alpha value is -1.43. The molecule has 0 radical (unpaired) electrons. The van der Waals surface area contributed by atoms with Crippen LogP contribution < -0.4 is 4.90 Å². The molecule has 5 heteroatoms. The predicted octanol–water partition coefficient (Wildman–Crippen LogP) is 2.89. The summed E-state index contributed by atoms with van der Waals surface area (Å²) < 4.78 is 5.17. The smallest absolute Gasteiger partial charge is 0.185 e. The largest absolute Gasteiger partial charge is 0.388 e. The number of aliphatic hydroxyl groups is 1. The number of anilines is 1. The Balaban J connectivity index is 2.00. The molecule has 1 aromatic heterocycles. The van der Waals surface area contributed by atoms with E-state index in [4.69, 9.17) is 4.74 Å². The van der Waals surface area contributed by atoms with E-state index in [-0.39, 0.29) is 6.04 Å². The highest BCUT2D eigenvalue weighted by molar-refractivity contribution is 7.13. The summed E-state index contributed by atoms with van der Waals surface area (Å²) >= 11 is 1.60. The Morgan fingerprint density at radius 3 is 2.71 bits per heavy atom. The average molecular weight is 306 g/mol. The molecule has 2 unspecified atom stereocenters. The number of aromatic nitrogens is 1. The molecule has 0 saturated heterocycles. The van der Waals surface area contributed by atoms with Crippen molar-refractivity contribution in [3.05, 3.63) is 47.0 Å². The second kappa shape index (κ2) is 7.54. The first kappa shape index (κ1) is 15.9. The minimum absolute atomic E-state index is 0.271. The standard InChI is InChI=1S/C16H22N2O2S/c1-12(10-20-3)18(2)16-17-14(11-21-16)9-15(19)13-7-5-4-6-8-13/h4-8,11-12,15,19H,9-10H2,1-3H3. The van der Waals surface area contributed by atoms with Gasteiger partial charge in [-0.3, -0.25) is 0 Å². The maximum Gasteiger partial charge on any atom is 0.185 e. The summed E-state index contributed by atoms with van der Waals surface area (Å²) in [4.78, 5) is 6.71. The highest BCUT2D eigenvalue weighted by atomic mass is 32.1. The van der Waals surface area contributed by atoms with Gasteiger partial charge < -0.3 is 14.7 Å². The van der Waals surface area contributed by atoms with Crippen LogP contribution in [-0.4, -0.2) is 36.9 Å². The molecule has 0 fully saturated rings. The summed E-state index contributed by atoms with van der Waals surface area (Å²) in [6.45, 7) is 2.77. The number of nitrogens with zero attached hydrogens (tertiary/aromatic N) is 2. The molecule has 1 N–H and O–H groups in total. The molecule has 0 spiro atoms. The number of ether oxygens (including phenoxy) is 1. The van der Waals surface area contributed by atoms with Gasteiger partial charge in [-0.25, -0.2) is 4.98 Å². The third-order valence-electron chi connectivity index (χ3n) is 3.50. The van der Waals surface area contributed by atoms with Crippen LogP contribution in [-0.2, 0) is 11.2 Å². The van der Waals surface area contributed by atoms with Crippen LogP contribution in [0.25, 0.3) is 0 Å². The number of benzene rings is 1. The highest BCUT2D eigenvalue weighted by Gasteiger charge is 2.15. The van der Waals surface area contributed by atoms with Crippen molar-refractivity contribution in [1.29, 1.82) is 0 Å². The number of aliphatic hydroxyl groups excluding tert-OH is 1. The monoisotopic (exact) mass is 306 g/mol. The third kappa shape index (κ3) is 4.27. The summed E-state index contributed by atoms with van der Waals surface area (Å²) in [7, 11) is 3.72. The van der Waals surface area contributed by atoms with E-state index in [0.717, 1.165) is 16.4 Å². The van der Waals surface area contributed by atoms with Crippen molar-refractivity contribution in [3.8, 4) is 0 Å². The molecule has 21 heavy (non-hydrogen) atoms. The van der Waals surface area contributed by atoms with Crippen molar-refractivity contribution in [2.75, 3.05) is 25.7 Å². The Labute approximate surface area is 130 Å². The van der Waals surface area contributed by atoms with Crippen molar-refractivity contribution in [2.24, 2.45) is 0 Å². The molecule has 1 heterocycles. The number of methoxy groups -OCH3 is 1. The number of rotatable bonds is 7. The van der Waals surface area contributed by atoms with Crippen LogP contribution in [0.3, 0.4) is 0 Å². The van der Waals surface area contributed by atoms with Gasteiger partial charge >= 0.3 is 0 Å². The van der Waals surface area contributed by atoms with Crippen molar-refractivity contribution < 1.29 is 9.84 Å². The van der Waals surface area contributed by atoms with Crippen LogP contribution in [0.4, 0.5) is 5.13 Å². The van der Waals surface area contributed by atoms with Gasteiger partial charge in [0.05, 0.1) is 24.4 Å². The second-order valence-electron chi connectivity index (χ2n) is 5.17. The molecule has 0 aliphatic carbocycles. The molecule has 0 saturated carbocycles. The van der Waals surface area contributed by atoms with Gasteiger partial charge in [-0.05, 0) is 12.5 Å². The average Bonchev–Trinajstić information content (AvgIpc) is 2.96. The number of hydrogen-bond donors (Lipinski definition) is 1. The van der Waals surface area contributed by atoms with Crippen LogP contribution >= 0.6 is 11.3 Å². The molecule has 2 atom stereocenters. The van der Waals surface area contributed by atoms with E-state index in [9.17, 15) is 5.11 Å². The van der Waals surface area contributed by atoms with Crippen LogP contribution in [0.15, 0.2) is 35.7 Å². The van der Waals surface area contributed by atoms with E-state index in [2.05, 4.69) is 16.8 Å². The molecule has 2 rings (SSSR count). The lowest BCUT2D eigenvalue weighted by atomic mass is 10.1. The van der Waals surface area contributed by atoms with Gasteiger partial charge in [0.25, 0.3) is 0 Å². The summed E-state index contributed by atoms with van der Waals surface area (Å²) in [5.74, 6) is 0. The van der Waals surface area contributed by atoms with Gasteiger partial charge in [0.1, 0.15) is 0 Å². The molecule has 0 aliphatic heterocycles. The van der Waals surface area contributed by atoms with Crippen LogP contribution in [0.1, 0.15) is 24.3 Å². The lowest BCUT2D eigenvalue weighted by molar-refractivity contribution is 0.177. The summed E-state index contributed by atoms with van der Waals surface area (Å²) in [5, 5.41) is 13.2. The summed E-state index contributed by atoms with van der Waals surface area (Å²) in [6, 6.07) is 9.96. The third-order valence-corrected chi connectivity index (χ3v) is 4.48. The molecule has 4 nitrogen and oxygen atoms in total. The first-order valence-corrected chi connectivity index (χ1v) is 7.89. The zero-order chi connectivity index (χ0) is 15.2. The maximum atomic E-state index is 10.2. The van der Waals surface area contributed by atoms with Crippen LogP contribution in [0.5, 0.6) is 0 Å². The van der Waals surface area contributed by atoms with Crippen molar-refractivity contribution in [2.45, 2.75) is 25.5 Å². The second-order valence-corrected chi connectivity index (χ2v) is 6.00. The normalized spacial score (nSPS) is 13.9. The van der Waals surface area contributed by atoms with E-state index in [1.54, 1.807) is 18.4 Å². The first-order valence-electron chi connectivity index (χ1n) is 7.01. The SMILES string of the molecule is COCC(C)N(C)c1nc(CC(O)c2ccccc2)cs1. The molecule has 2 aromatic rings. The fraction of sp³-hybridized carbons (Fsp3) is 0.438. The minimum Gasteiger partial charge on any atom is -0.388 e. The lowest BCUT2D eigenvalue weighted by Gasteiger charge is -2.23. The zero-order valence-electron chi connectivity index (χ0n) is 12.7. The minimum atomic E-state index is -0.511. The van der Waals surface area contributed by atoms with Crippen LogP contribution in [0, 0.1) is 0 Å². The molecular weight excluding hydrogens is 284 g/mol. The maximum absolute atomic E-state index is 10.2. The summed E-state index contributed by atoms with van der Waals surface area (Å²) in [5.41, 5.74) is 1.84. The van der Waals surface area contributed by atoms with Crippen LogP contribution in [0.2, 0.25) is 0 Å². The highest BCUT2D eigenvalue weighted by Crippen LogP contribution is 2.24. The van der Waals surface area contributed by atoms with E-state index in [1.807, 2.05) is 42.8 Å². The first-order chi connectivity index (χ1) is 10.1. The van der Waals surface area contributed by atoms with Crippen molar-refractivity contribution in [3.63, 3.8) is 0 Å². The van der Waals surface area contributed by atoms with E-state index < -0.39 is 6.10 Å². The van der Waals surface area contributed by atoms with E-state index >= 15 is 0 Å². The van der Waals surface area contributed by atoms with E-state index in [1.165, 1.54) is 0 Å². The Kier molecular flexibility index (Phi) is 5.73. The zero-order valence-corrected chi connectivity index (χ0v) is 13.5. The number of likely N-dealkylation sites (N-methyl/N-ethyl adjacent to an activating group) is 1. The van der Waals surface area contributed by atoms with Gasteiger partial charge in [-0.2, -0.15) is 0 Å². The quantitative estimate of drug-likeness (QED) is 0.854. The number of hydrogen-bond acceptors (Lipinski definition) is 5. The van der Waals surface area contributed by atoms with Crippen molar-refractivity contribution >= 4 is 16.5 Å². The van der Waals surface area contributed by atoms with Gasteiger partial charge in [0.15, 0.2) is 5.13 Å². The van der Waals surface area contributed by atoms with Gasteiger partial charge in [-0.1, -0.05) is 30.3 Å². The lowest BCUT2D eigenvalue weighted by Crippen LogP contribution is -2.32. The van der Waals surface area contributed by atoms with Gasteiger partial charge in [0.2, 0.25) is 0 Å². The Bertz CT molecular complexity index is 544. The fourth-order valence-electron chi connectivity index (χ4n) is 2.08. The van der Waals surface area contributed by atoms with E-state index in [0.29, 0.717) is 13.0 Å². The molecule has 0 amide bonds. The topological polar surface area (TPSA) is 45.6 Å². The molecular formula is C16H22N2O2S. The summed E-state index contributed by atoms with van der Waals surface area (Å²) in [6.07, 6.45) is 0.0235.